The van der Waals surface area contributed by atoms with E-state index in [0.29, 0.717) is 11.1 Å². The van der Waals surface area contributed by atoms with Gasteiger partial charge in [-0.25, -0.2) is 0 Å². The molecule has 0 saturated carbocycles. The summed E-state index contributed by atoms with van der Waals surface area (Å²) in [4.78, 5) is 23.4. The first-order valence-electron chi connectivity index (χ1n) is 6.94. The summed E-state index contributed by atoms with van der Waals surface area (Å²) in [6, 6.07) is 6.44. The minimum atomic E-state index is -0.536. The fourth-order valence-electron chi connectivity index (χ4n) is 2.44. The second-order valence-corrected chi connectivity index (χ2v) is 4.98. The van der Waals surface area contributed by atoms with Crippen LogP contribution in [0, 0.1) is 0 Å². The van der Waals surface area contributed by atoms with Crippen LogP contribution in [0.2, 0.25) is 0 Å². The highest BCUT2D eigenvalue weighted by molar-refractivity contribution is 5.99. The van der Waals surface area contributed by atoms with Gasteiger partial charge in [-0.15, -0.1) is 0 Å². The second-order valence-electron chi connectivity index (χ2n) is 4.98. The fourth-order valence-corrected chi connectivity index (χ4v) is 2.44. The number of carbonyl (C=O) groups is 2. The highest BCUT2D eigenvalue weighted by atomic mass is 16.5. The Bertz CT molecular complexity index is 496. The van der Waals surface area contributed by atoms with E-state index < -0.39 is 5.91 Å². The minimum Gasteiger partial charge on any atom is -0.376 e. The van der Waals surface area contributed by atoms with Crippen LogP contribution in [0.25, 0.3) is 0 Å². The summed E-state index contributed by atoms with van der Waals surface area (Å²) < 4.78 is 5.62. The largest absolute Gasteiger partial charge is 0.376 e. The molecule has 2 amide bonds. The van der Waals surface area contributed by atoms with Crippen molar-refractivity contribution < 1.29 is 14.3 Å². The number of rotatable bonds is 5. The second kappa shape index (κ2) is 6.52. The van der Waals surface area contributed by atoms with Crippen molar-refractivity contribution >= 4 is 11.8 Å². The van der Waals surface area contributed by atoms with Crippen LogP contribution in [0.3, 0.4) is 0 Å². The van der Waals surface area contributed by atoms with Gasteiger partial charge in [0.2, 0.25) is 5.91 Å². The van der Waals surface area contributed by atoms with Crippen molar-refractivity contribution in [2.45, 2.75) is 38.3 Å². The van der Waals surface area contributed by atoms with Crippen LogP contribution in [0.15, 0.2) is 24.3 Å². The molecule has 1 heterocycles. The molecule has 0 radical (unpaired) electrons. The van der Waals surface area contributed by atoms with Crippen molar-refractivity contribution in [3.63, 3.8) is 0 Å². The highest BCUT2D eigenvalue weighted by Gasteiger charge is 2.26. The third kappa shape index (κ3) is 3.36. The molecule has 0 spiro atoms. The van der Waals surface area contributed by atoms with E-state index >= 15 is 0 Å². The normalized spacial score (nSPS) is 19.6. The van der Waals surface area contributed by atoms with Crippen LogP contribution in [-0.4, -0.2) is 30.6 Å². The van der Waals surface area contributed by atoms with Gasteiger partial charge < -0.3 is 15.8 Å². The third-order valence-electron chi connectivity index (χ3n) is 3.58. The van der Waals surface area contributed by atoms with E-state index in [1.54, 1.807) is 18.2 Å². The molecule has 0 aliphatic carbocycles. The van der Waals surface area contributed by atoms with Crippen LogP contribution in [-0.2, 0) is 4.74 Å². The lowest BCUT2D eigenvalue weighted by molar-refractivity contribution is 0.0665. The van der Waals surface area contributed by atoms with Gasteiger partial charge in [-0.05, 0) is 37.5 Å². The maximum Gasteiger partial charge on any atom is 0.251 e. The Morgan fingerprint density at radius 2 is 2.20 bits per heavy atom. The van der Waals surface area contributed by atoms with Crippen molar-refractivity contribution in [3.8, 4) is 0 Å². The SMILES string of the molecule is CCC(NC(=O)c1cccc(C(N)=O)c1)C1CCCO1. The summed E-state index contributed by atoms with van der Waals surface area (Å²) >= 11 is 0. The lowest BCUT2D eigenvalue weighted by Gasteiger charge is -2.22. The predicted molar refractivity (Wildman–Crippen MR) is 75.5 cm³/mol. The summed E-state index contributed by atoms with van der Waals surface area (Å²) in [7, 11) is 0. The monoisotopic (exact) mass is 276 g/mol. The molecule has 0 bridgehead atoms. The van der Waals surface area contributed by atoms with Crippen LogP contribution >= 0.6 is 0 Å². The predicted octanol–water partition coefficient (Wildman–Crippen LogP) is 1.47. The number of hydrogen-bond acceptors (Lipinski definition) is 3. The number of benzene rings is 1. The first-order valence-corrected chi connectivity index (χ1v) is 6.94. The molecule has 1 aliphatic rings. The lowest BCUT2D eigenvalue weighted by atomic mass is 10.0. The smallest absolute Gasteiger partial charge is 0.251 e. The van der Waals surface area contributed by atoms with Crippen molar-refractivity contribution in [2.24, 2.45) is 5.73 Å². The van der Waals surface area contributed by atoms with Crippen LogP contribution in [0.5, 0.6) is 0 Å². The molecule has 3 N–H and O–H groups in total. The Kier molecular flexibility index (Phi) is 4.74. The molecular weight excluding hydrogens is 256 g/mol. The Morgan fingerprint density at radius 1 is 1.45 bits per heavy atom. The van der Waals surface area contributed by atoms with E-state index in [-0.39, 0.29) is 18.1 Å². The summed E-state index contributed by atoms with van der Waals surface area (Å²) in [6.07, 6.45) is 2.91. The van der Waals surface area contributed by atoms with E-state index in [0.717, 1.165) is 25.9 Å². The molecule has 1 aromatic carbocycles. The number of amides is 2. The fraction of sp³-hybridized carbons (Fsp3) is 0.467. The molecule has 20 heavy (non-hydrogen) atoms. The Labute approximate surface area is 118 Å². The van der Waals surface area contributed by atoms with Gasteiger partial charge in [-0.3, -0.25) is 9.59 Å². The van der Waals surface area contributed by atoms with E-state index in [9.17, 15) is 9.59 Å². The highest BCUT2D eigenvalue weighted by Crippen LogP contribution is 2.18. The van der Waals surface area contributed by atoms with Gasteiger partial charge in [0.1, 0.15) is 0 Å². The number of nitrogens with one attached hydrogen (secondary N) is 1. The van der Waals surface area contributed by atoms with Gasteiger partial charge >= 0.3 is 0 Å². The van der Waals surface area contributed by atoms with Gasteiger partial charge in [0.25, 0.3) is 5.91 Å². The van der Waals surface area contributed by atoms with Crippen molar-refractivity contribution in [1.29, 1.82) is 0 Å². The van der Waals surface area contributed by atoms with Crippen molar-refractivity contribution in [2.75, 3.05) is 6.61 Å². The zero-order valence-corrected chi connectivity index (χ0v) is 11.6. The standard InChI is InChI=1S/C15H20N2O3/c1-2-12(13-7-4-8-20-13)17-15(19)11-6-3-5-10(9-11)14(16)18/h3,5-6,9,12-13H,2,4,7-8H2,1H3,(H2,16,18)(H,17,19). The number of carbonyl (C=O) groups excluding carboxylic acids is 2. The molecule has 5 heteroatoms. The van der Waals surface area contributed by atoms with Gasteiger partial charge in [0, 0.05) is 17.7 Å². The summed E-state index contributed by atoms with van der Waals surface area (Å²) in [6.45, 7) is 2.78. The zero-order valence-electron chi connectivity index (χ0n) is 11.6. The van der Waals surface area contributed by atoms with E-state index in [1.165, 1.54) is 6.07 Å². The molecule has 1 fully saturated rings. The first-order chi connectivity index (χ1) is 9.61. The quantitative estimate of drug-likeness (QED) is 0.854. The summed E-state index contributed by atoms with van der Waals surface area (Å²) in [5, 5.41) is 2.98. The average Bonchev–Trinajstić information content (AvgIpc) is 2.98. The zero-order chi connectivity index (χ0) is 14.5. The molecule has 2 atom stereocenters. The Balaban J connectivity index is 2.06. The molecule has 0 aromatic heterocycles. The molecule has 1 aromatic rings. The van der Waals surface area contributed by atoms with Crippen molar-refractivity contribution in [1.82, 2.24) is 5.32 Å². The van der Waals surface area contributed by atoms with Crippen molar-refractivity contribution in [3.05, 3.63) is 35.4 Å². The van der Waals surface area contributed by atoms with Crippen LogP contribution in [0.1, 0.15) is 46.9 Å². The van der Waals surface area contributed by atoms with E-state index in [4.69, 9.17) is 10.5 Å². The van der Waals surface area contributed by atoms with Crippen LogP contribution < -0.4 is 11.1 Å². The maximum atomic E-state index is 12.2. The third-order valence-corrected chi connectivity index (χ3v) is 3.58. The Morgan fingerprint density at radius 3 is 2.80 bits per heavy atom. The molecule has 108 valence electrons. The molecule has 5 nitrogen and oxygen atoms in total. The van der Waals surface area contributed by atoms with E-state index in [2.05, 4.69) is 5.32 Å². The number of ether oxygens (including phenoxy) is 1. The lowest BCUT2D eigenvalue weighted by Crippen LogP contribution is -2.42. The van der Waals surface area contributed by atoms with Gasteiger partial charge in [-0.2, -0.15) is 0 Å². The molecule has 1 aliphatic heterocycles. The summed E-state index contributed by atoms with van der Waals surface area (Å²) in [5.74, 6) is -0.735. The van der Waals surface area contributed by atoms with Gasteiger partial charge in [0.05, 0.1) is 12.1 Å². The number of nitrogens with two attached hydrogens (primary N) is 1. The molecule has 1 saturated heterocycles. The summed E-state index contributed by atoms with van der Waals surface area (Å²) in [5.41, 5.74) is 6.00. The first kappa shape index (κ1) is 14.5. The number of hydrogen-bond donors (Lipinski definition) is 2. The van der Waals surface area contributed by atoms with Crippen LogP contribution in [0.4, 0.5) is 0 Å². The van der Waals surface area contributed by atoms with Gasteiger partial charge in [-0.1, -0.05) is 13.0 Å². The van der Waals surface area contributed by atoms with E-state index in [1.807, 2.05) is 6.92 Å². The average molecular weight is 276 g/mol. The molecule has 2 unspecified atom stereocenters. The minimum absolute atomic E-state index is 0.00207. The maximum absolute atomic E-state index is 12.2. The Hall–Kier alpha value is -1.88. The molecular formula is C15H20N2O3. The van der Waals surface area contributed by atoms with Gasteiger partial charge in [0.15, 0.2) is 0 Å². The number of primary amides is 1. The molecule has 2 rings (SSSR count). The topological polar surface area (TPSA) is 81.4 Å².